The highest BCUT2D eigenvalue weighted by molar-refractivity contribution is 6.32. The average Bonchev–Trinajstić information content (AvgIpc) is 2.48. The fraction of sp³-hybridized carbons (Fsp3) is 0.400. The molecule has 1 aromatic carbocycles. The lowest BCUT2D eigenvalue weighted by Crippen LogP contribution is -2.50. The summed E-state index contributed by atoms with van der Waals surface area (Å²) >= 11 is 0. The molecule has 21 heavy (non-hydrogen) atoms. The van der Waals surface area contributed by atoms with Crippen LogP contribution in [0, 0.1) is 29.1 Å². The largest absolute Gasteiger partial charge is 0.412 e. The summed E-state index contributed by atoms with van der Waals surface area (Å²) in [4.78, 5) is 0. The van der Waals surface area contributed by atoms with E-state index in [1.165, 1.54) is 0 Å². The summed E-state index contributed by atoms with van der Waals surface area (Å²) < 4.78 is 61.6. The fourth-order valence-electron chi connectivity index (χ4n) is 0.865. The molecule has 0 radical (unpaired) electrons. The second-order valence-electron chi connectivity index (χ2n) is 4.03. The summed E-state index contributed by atoms with van der Waals surface area (Å²) in [6.07, 6.45) is 0. The minimum Gasteiger partial charge on any atom is -0.412 e. The average molecular weight is 319 g/mol. The first kappa shape index (κ1) is 22.0. The molecule has 0 amide bonds. The van der Waals surface area contributed by atoms with Crippen LogP contribution < -0.4 is 11.2 Å². The predicted octanol–water partition coefficient (Wildman–Crippen LogP) is -2.52. The van der Waals surface area contributed by atoms with E-state index in [1.54, 1.807) is 0 Å². The molecule has 11 heteroatoms. The van der Waals surface area contributed by atoms with E-state index in [9.17, 15) is 22.0 Å². The molecule has 1 aromatic rings. The van der Waals surface area contributed by atoms with Crippen molar-refractivity contribution in [3.63, 3.8) is 0 Å². The summed E-state index contributed by atoms with van der Waals surface area (Å²) in [5, 5.41) is 25.0. The minimum atomic E-state index is -2.13. The van der Waals surface area contributed by atoms with Gasteiger partial charge in [-0.05, 0) is 5.46 Å². The third-order valence-corrected chi connectivity index (χ3v) is 2.37. The maximum Gasteiger partial charge on any atom is 0.200 e. The zero-order valence-electron chi connectivity index (χ0n) is 10.9. The summed E-state index contributed by atoms with van der Waals surface area (Å²) in [5.74, 6) is -9.52. The number of hydrogen-bond donors (Lipinski definition) is 4. The van der Waals surface area contributed by atoms with Gasteiger partial charge < -0.3 is 26.5 Å². The van der Waals surface area contributed by atoms with Gasteiger partial charge in [-0.15, -0.1) is 0 Å². The number of aliphatic hydroxyl groups excluding tert-OH is 3. The fourth-order valence-corrected chi connectivity index (χ4v) is 0.865. The first-order chi connectivity index (χ1) is 9.15. The van der Waals surface area contributed by atoms with Crippen LogP contribution in [-0.2, 0) is 0 Å². The number of nitrogens with two attached hydrogens (primary N) is 1. The molecule has 0 fully saturated rings. The molecule has 122 valence electrons. The highest BCUT2D eigenvalue weighted by Crippen LogP contribution is 2.14. The van der Waals surface area contributed by atoms with Crippen LogP contribution in [-0.4, -0.2) is 54.0 Å². The highest BCUT2D eigenvalue weighted by atomic mass is 19.2. The standard InChI is InChI=1S/C6H2BF5.C4H11NO3.H2O/c7-1-2(8)4(10)6(12)5(11)3(1)9;5-4(1-6,2-7)3-8;/h7H2;6-8H,1-3,5H2;1H2. The maximum absolute atomic E-state index is 12.4. The molecule has 0 aromatic heterocycles. The Morgan fingerprint density at radius 2 is 1.00 bits per heavy atom. The van der Waals surface area contributed by atoms with Crippen LogP contribution in [0.1, 0.15) is 0 Å². The Morgan fingerprint density at radius 1 is 0.762 bits per heavy atom. The summed E-state index contributed by atoms with van der Waals surface area (Å²) in [7, 11) is 0.816. The third-order valence-electron chi connectivity index (χ3n) is 2.37. The molecular weight excluding hydrogens is 304 g/mol. The minimum absolute atomic E-state index is 0. The van der Waals surface area contributed by atoms with Crippen molar-refractivity contribution in [2.45, 2.75) is 5.54 Å². The Kier molecular flexibility index (Phi) is 9.33. The zero-order chi connectivity index (χ0) is 16.1. The summed E-state index contributed by atoms with van der Waals surface area (Å²) in [6, 6.07) is 0. The van der Waals surface area contributed by atoms with Gasteiger partial charge in [0.1, 0.15) is 7.85 Å². The predicted molar refractivity (Wildman–Crippen MR) is 66.2 cm³/mol. The summed E-state index contributed by atoms with van der Waals surface area (Å²) in [6.45, 7) is -1.21. The molecule has 0 aliphatic heterocycles. The maximum atomic E-state index is 12.4. The van der Waals surface area contributed by atoms with E-state index in [0.717, 1.165) is 7.85 Å². The molecule has 0 bridgehead atoms. The molecular formula is C10H15BF5NO4. The smallest absolute Gasteiger partial charge is 0.200 e. The zero-order valence-corrected chi connectivity index (χ0v) is 10.9. The topological polar surface area (TPSA) is 118 Å². The van der Waals surface area contributed by atoms with Gasteiger partial charge in [0.15, 0.2) is 29.1 Å². The normalized spacial score (nSPS) is 10.5. The number of rotatable bonds is 3. The van der Waals surface area contributed by atoms with Crippen molar-refractivity contribution in [2.24, 2.45) is 5.73 Å². The van der Waals surface area contributed by atoms with Crippen molar-refractivity contribution in [1.29, 1.82) is 0 Å². The lowest BCUT2D eigenvalue weighted by Gasteiger charge is -2.20. The molecule has 0 aliphatic carbocycles. The molecule has 5 nitrogen and oxygen atoms in total. The first-order valence-electron chi connectivity index (χ1n) is 5.24. The van der Waals surface area contributed by atoms with E-state index in [-0.39, 0.29) is 5.48 Å². The van der Waals surface area contributed by atoms with Gasteiger partial charge in [-0.25, -0.2) is 22.0 Å². The summed E-state index contributed by atoms with van der Waals surface area (Å²) in [5.41, 5.74) is 3.07. The van der Waals surface area contributed by atoms with Crippen molar-refractivity contribution in [3.8, 4) is 0 Å². The number of halogens is 5. The van der Waals surface area contributed by atoms with Crippen molar-refractivity contribution in [3.05, 3.63) is 29.1 Å². The second-order valence-corrected chi connectivity index (χ2v) is 4.03. The molecule has 0 spiro atoms. The van der Waals surface area contributed by atoms with Gasteiger partial charge in [0.25, 0.3) is 0 Å². The van der Waals surface area contributed by atoms with E-state index in [2.05, 4.69) is 0 Å². The van der Waals surface area contributed by atoms with Gasteiger partial charge in [0.05, 0.1) is 25.4 Å². The second kappa shape index (κ2) is 8.90. The Balaban J connectivity index is 0. The van der Waals surface area contributed by atoms with E-state index in [1.807, 2.05) is 0 Å². The monoisotopic (exact) mass is 319 g/mol. The van der Waals surface area contributed by atoms with Crippen molar-refractivity contribution in [1.82, 2.24) is 0 Å². The van der Waals surface area contributed by atoms with Crippen molar-refractivity contribution >= 4 is 13.3 Å². The highest BCUT2D eigenvalue weighted by Gasteiger charge is 2.22. The number of aliphatic hydroxyl groups is 3. The van der Waals surface area contributed by atoms with Crippen LogP contribution in [0.2, 0.25) is 0 Å². The van der Waals surface area contributed by atoms with Gasteiger partial charge >= 0.3 is 0 Å². The van der Waals surface area contributed by atoms with Gasteiger partial charge in [0.2, 0.25) is 0 Å². The van der Waals surface area contributed by atoms with Gasteiger partial charge in [0, 0.05) is 0 Å². The molecule has 7 N–H and O–H groups in total. The van der Waals surface area contributed by atoms with E-state index < -0.39 is 59.9 Å². The van der Waals surface area contributed by atoms with Gasteiger partial charge in [-0.2, -0.15) is 0 Å². The van der Waals surface area contributed by atoms with Crippen LogP contribution in [0.15, 0.2) is 0 Å². The van der Waals surface area contributed by atoms with Crippen LogP contribution in [0.25, 0.3) is 0 Å². The Hall–Kier alpha value is -1.27. The Morgan fingerprint density at radius 3 is 1.19 bits per heavy atom. The Labute approximate surface area is 117 Å². The van der Waals surface area contributed by atoms with Crippen LogP contribution in [0.4, 0.5) is 22.0 Å². The lowest BCUT2D eigenvalue weighted by molar-refractivity contribution is 0.0697. The number of benzene rings is 1. The van der Waals surface area contributed by atoms with Crippen molar-refractivity contribution < 1.29 is 42.7 Å². The molecule has 1 rings (SSSR count). The van der Waals surface area contributed by atoms with Crippen LogP contribution in [0.3, 0.4) is 0 Å². The van der Waals surface area contributed by atoms with E-state index in [0.29, 0.717) is 0 Å². The molecule has 0 saturated carbocycles. The first-order valence-corrected chi connectivity index (χ1v) is 5.24. The van der Waals surface area contributed by atoms with E-state index >= 15 is 0 Å². The molecule has 0 atom stereocenters. The quantitative estimate of drug-likeness (QED) is 0.213. The van der Waals surface area contributed by atoms with Crippen molar-refractivity contribution in [2.75, 3.05) is 19.8 Å². The lowest BCUT2D eigenvalue weighted by atomic mass is 9.94. The molecule has 0 heterocycles. The van der Waals surface area contributed by atoms with Crippen LogP contribution >= 0.6 is 0 Å². The third kappa shape index (κ3) is 5.21. The Bertz CT molecular complexity index is 360. The van der Waals surface area contributed by atoms with Gasteiger partial charge in [-0.3, -0.25) is 0 Å². The molecule has 0 saturated heterocycles. The van der Waals surface area contributed by atoms with Crippen LogP contribution in [0.5, 0.6) is 0 Å². The van der Waals surface area contributed by atoms with Gasteiger partial charge in [-0.1, -0.05) is 0 Å². The number of hydrogen-bond acceptors (Lipinski definition) is 4. The van der Waals surface area contributed by atoms with E-state index in [4.69, 9.17) is 21.1 Å². The SMILES string of the molecule is Bc1c(F)c(F)c(F)c(F)c1F.NC(CO)(CO)CO.O. The molecule has 0 unspecified atom stereocenters. The molecule has 0 aliphatic rings.